The minimum Gasteiger partial charge on any atom is -0.463 e. The Morgan fingerprint density at radius 3 is 2.56 bits per heavy atom. The van der Waals surface area contributed by atoms with Crippen LogP contribution in [0.2, 0.25) is 0 Å². The molecule has 1 aromatic carbocycles. The van der Waals surface area contributed by atoms with Crippen LogP contribution in [0.15, 0.2) is 30.4 Å². The van der Waals surface area contributed by atoms with Crippen molar-refractivity contribution >= 4 is 17.6 Å². The average molecular weight is 247 g/mol. The molecule has 0 saturated carbocycles. The Labute approximate surface area is 107 Å². The van der Waals surface area contributed by atoms with Crippen molar-refractivity contribution in [1.29, 1.82) is 0 Å². The van der Waals surface area contributed by atoms with E-state index in [0.29, 0.717) is 12.3 Å². The summed E-state index contributed by atoms with van der Waals surface area (Å²) in [5.41, 5.74) is 2.97. The minimum atomic E-state index is -0.521. The number of aryl methyl sites for hydroxylation is 2. The van der Waals surface area contributed by atoms with Crippen molar-refractivity contribution in [2.45, 2.75) is 20.8 Å². The van der Waals surface area contributed by atoms with Gasteiger partial charge in [-0.15, -0.1) is 0 Å². The van der Waals surface area contributed by atoms with Gasteiger partial charge < -0.3 is 10.1 Å². The number of amides is 1. The normalized spacial score (nSPS) is 10.4. The number of carbonyl (C=O) groups is 2. The van der Waals surface area contributed by atoms with E-state index in [4.69, 9.17) is 0 Å². The minimum absolute atomic E-state index is 0.294. The molecule has 0 unspecified atom stereocenters. The van der Waals surface area contributed by atoms with Gasteiger partial charge in [-0.1, -0.05) is 6.07 Å². The molecular formula is C14H17NO3. The van der Waals surface area contributed by atoms with Crippen molar-refractivity contribution in [3.8, 4) is 0 Å². The highest BCUT2D eigenvalue weighted by Crippen LogP contribution is 2.13. The fourth-order valence-corrected chi connectivity index (χ4v) is 1.34. The zero-order valence-corrected chi connectivity index (χ0v) is 10.8. The van der Waals surface area contributed by atoms with Crippen LogP contribution in [-0.2, 0) is 14.3 Å². The second-order valence-corrected chi connectivity index (χ2v) is 3.87. The van der Waals surface area contributed by atoms with Crippen molar-refractivity contribution in [2.75, 3.05) is 11.9 Å². The molecule has 4 nitrogen and oxygen atoms in total. The molecule has 0 aliphatic heterocycles. The number of esters is 1. The van der Waals surface area contributed by atoms with E-state index in [1.165, 1.54) is 0 Å². The predicted molar refractivity (Wildman–Crippen MR) is 70.3 cm³/mol. The van der Waals surface area contributed by atoms with Gasteiger partial charge in [0, 0.05) is 17.8 Å². The van der Waals surface area contributed by atoms with Gasteiger partial charge in [0.1, 0.15) is 0 Å². The van der Waals surface area contributed by atoms with Crippen LogP contribution in [0.4, 0.5) is 5.69 Å². The molecule has 0 fully saturated rings. The van der Waals surface area contributed by atoms with Gasteiger partial charge >= 0.3 is 5.97 Å². The zero-order chi connectivity index (χ0) is 13.5. The van der Waals surface area contributed by atoms with E-state index in [9.17, 15) is 9.59 Å². The summed E-state index contributed by atoms with van der Waals surface area (Å²) in [4.78, 5) is 22.5. The lowest BCUT2D eigenvalue weighted by atomic mass is 10.1. The zero-order valence-electron chi connectivity index (χ0n) is 10.8. The summed E-state index contributed by atoms with van der Waals surface area (Å²) in [6.07, 6.45) is 2.27. The monoisotopic (exact) mass is 247 g/mol. The topological polar surface area (TPSA) is 55.4 Å². The van der Waals surface area contributed by atoms with Crippen LogP contribution >= 0.6 is 0 Å². The maximum Gasteiger partial charge on any atom is 0.330 e. The van der Waals surface area contributed by atoms with E-state index < -0.39 is 5.97 Å². The molecule has 1 rings (SSSR count). The standard InChI is InChI=1S/C14H17NO3/c1-4-18-14(17)8-7-13(16)15-12-6-5-10(2)11(3)9-12/h5-9H,4H2,1-3H3,(H,15,16)/b8-7-. The number of hydrogen-bond acceptors (Lipinski definition) is 3. The molecule has 0 aliphatic rings. The first kappa shape index (κ1) is 14.0. The number of benzene rings is 1. The smallest absolute Gasteiger partial charge is 0.330 e. The molecule has 96 valence electrons. The molecule has 0 aliphatic carbocycles. The van der Waals surface area contributed by atoms with Crippen LogP contribution in [0.1, 0.15) is 18.1 Å². The van der Waals surface area contributed by atoms with E-state index in [0.717, 1.165) is 23.3 Å². The van der Waals surface area contributed by atoms with Crippen molar-refractivity contribution in [2.24, 2.45) is 0 Å². The third-order valence-corrected chi connectivity index (χ3v) is 2.43. The predicted octanol–water partition coefficient (Wildman–Crippen LogP) is 2.36. The Balaban J connectivity index is 2.59. The van der Waals surface area contributed by atoms with Gasteiger partial charge in [-0.05, 0) is 44.0 Å². The molecule has 1 aromatic rings. The van der Waals surface area contributed by atoms with Crippen LogP contribution in [0.25, 0.3) is 0 Å². The van der Waals surface area contributed by atoms with Crippen LogP contribution in [0, 0.1) is 13.8 Å². The summed E-state index contributed by atoms with van der Waals surface area (Å²) < 4.78 is 4.67. The third-order valence-electron chi connectivity index (χ3n) is 2.43. The second-order valence-electron chi connectivity index (χ2n) is 3.87. The highest BCUT2D eigenvalue weighted by atomic mass is 16.5. The lowest BCUT2D eigenvalue weighted by Gasteiger charge is -2.05. The van der Waals surface area contributed by atoms with E-state index in [1.807, 2.05) is 32.0 Å². The van der Waals surface area contributed by atoms with Crippen molar-refractivity contribution in [3.63, 3.8) is 0 Å². The molecule has 1 N–H and O–H groups in total. The van der Waals surface area contributed by atoms with Gasteiger partial charge in [0.2, 0.25) is 5.91 Å². The van der Waals surface area contributed by atoms with Crippen LogP contribution in [0.5, 0.6) is 0 Å². The molecule has 0 aromatic heterocycles. The van der Waals surface area contributed by atoms with Gasteiger partial charge in [0.25, 0.3) is 0 Å². The number of nitrogens with one attached hydrogen (secondary N) is 1. The van der Waals surface area contributed by atoms with Crippen LogP contribution in [0.3, 0.4) is 0 Å². The Morgan fingerprint density at radius 2 is 1.94 bits per heavy atom. The highest BCUT2D eigenvalue weighted by Gasteiger charge is 2.01. The van der Waals surface area contributed by atoms with Crippen molar-refractivity contribution in [1.82, 2.24) is 0 Å². The summed E-state index contributed by atoms with van der Waals surface area (Å²) in [6.45, 7) is 5.98. The van der Waals surface area contributed by atoms with Gasteiger partial charge in [0.15, 0.2) is 0 Å². The molecule has 0 atom stereocenters. The van der Waals surface area contributed by atoms with Crippen molar-refractivity contribution < 1.29 is 14.3 Å². The molecule has 1 amide bonds. The number of carbonyl (C=O) groups excluding carboxylic acids is 2. The average Bonchev–Trinajstić information content (AvgIpc) is 2.32. The SMILES string of the molecule is CCOC(=O)/C=C\C(=O)Nc1ccc(C)c(C)c1. The number of hydrogen-bond donors (Lipinski definition) is 1. The first-order valence-corrected chi connectivity index (χ1v) is 5.76. The maximum absolute atomic E-state index is 11.5. The fourth-order valence-electron chi connectivity index (χ4n) is 1.34. The summed E-state index contributed by atoms with van der Waals surface area (Å²) in [5, 5.41) is 2.67. The van der Waals surface area contributed by atoms with E-state index >= 15 is 0 Å². The summed E-state index contributed by atoms with van der Waals surface area (Å²) in [5.74, 6) is -0.876. The quantitative estimate of drug-likeness (QED) is 0.656. The molecule has 0 bridgehead atoms. The fraction of sp³-hybridized carbons (Fsp3) is 0.286. The van der Waals surface area contributed by atoms with Gasteiger partial charge in [-0.25, -0.2) is 4.79 Å². The molecule has 0 saturated heterocycles. The van der Waals surface area contributed by atoms with Crippen molar-refractivity contribution in [3.05, 3.63) is 41.5 Å². The Morgan fingerprint density at radius 1 is 1.22 bits per heavy atom. The first-order chi connectivity index (χ1) is 8.52. The Kier molecular flexibility index (Phi) is 5.11. The largest absolute Gasteiger partial charge is 0.463 e. The molecule has 18 heavy (non-hydrogen) atoms. The summed E-state index contributed by atoms with van der Waals surface area (Å²) >= 11 is 0. The summed E-state index contributed by atoms with van der Waals surface area (Å²) in [7, 11) is 0. The molecule has 4 heteroatoms. The number of rotatable bonds is 4. The molecular weight excluding hydrogens is 230 g/mol. The van der Waals surface area contributed by atoms with Gasteiger partial charge in [-0.3, -0.25) is 4.79 Å². The Bertz CT molecular complexity index is 478. The number of anilines is 1. The molecule has 0 spiro atoms. The van der Waals surface area contributed by atoms with E-state index in [2.05, 4.69) is 10.1 Å². The van der Waals surface area contributed by atoms with Crippen LogP contribution in [-0.4, -0.2) is 18.5 Å². The number of ether oxygens (including phenoxy) is 1. The molecule has 0 radical (unpaired) electrons. The van der Waals surface area contributed by atoms with Crippen LogP contribution < -0.4 is 5.32 Å². The first-order valence-electron chi connectivity index (χ1n) is 5.76. The summed E-state index contributed by atoms with van der Waals surface area (Å²) in [6, 6.07) is 5.63. The van der Waals surface area contributed by atoms with E-state index in [1.54, 1.807) is 6.92 Å². The third kappa shape index (κ3) is 4.41. The maximum atomic E-state index is 11.5. The van der Waals surface area contributed by atoms with Gasteiger partial charge in [-0.2, -0.15) is 0 Å². The van der Waals surface area contributed by atoms with Gasteiger partial charge in [0.05, 0.1) is 6.61 Å². The van der Waals surface area contributed by atoms with E-state index in [-0.39, 0.29) is 5.91 Å². The highest BCUT2D eigenvalue weighted by molar-refractivity contribution is 6.02. The lowest BCUT2D eigenvalue weighted by molar-refractivity contribution is -0.137. The molecule has 0 heterocycles. The lowest BCUT2D eigenvalue weighted by Crippen LogP contribution is -2.09. The second kappa shape index (κ2) is 6.59. The Hall–Kier alpha value is -2.10.